The second kappa shape index (κ2) is 8.45. The molecule has 0 saturated carbocycles. The zero-order valence-electron chi connectivity index (χ0n) is 11.8. The van der Waals surface area contributed by atoms with Crippen molar-refractivity contribution >= 4 is 5.91 Å². The van der Waals surface area contributed by atoms with Gasteiger partial charge < -0.3 is 19.7 Å². The van der Waals surface area contributed by atoms with Gasteiger partial charge in [-0.2, -0.15) is 0 Å². The van der Waals surface area contributed by atoms with Crippen molar-refractivity contribution < 1.29 is 14.3 Å². The van der Waals surface area contributed by atoms with Crippen LogP contribution in [-0.2, 0) is 14.3 Å². The van der Waals surface area contributed by atoms with Crippen molar-refractivity contribution in [3.8, 4) is 0 Å². The lowest BCUT2D eigenvalue weighted by Crippen LogP contribution is -2.44. The highest BCUT2D eigenvalue weighted by Gasteiger charge is 2.24. The molecule has 2 unspecified atom stereocenters. The number of nitrogens with one attached hydrogen (secondary N) is 1. The molecule has 1 N–H and O–H groups in total. The van der Waals surface area contributed by atoms with Crippen LogP contribution in [0.3, 0.4) is 0 Å². The average molecular weight is 258 g/mol. The predicted octanol–water partition coefficient (Wildman–Crippen LogP) is 0.638. The second-order valence-corrected chi connectivity index (χ2v) is 4.88. The minimum absolute atomic E-state index is 0.0963. The van der Waals surface area contributed by atoms with Gasteiger partial charge in [0.2, 0.25) is 5.91 Å². The number of carbonyl (C=O) groups is 1. The zero-order chi connectivity index (χ0) is 13.4. The molecule has 0 aromatic rings. The fraction of sp³-hybridized carbons (Fsp3) is 0.923. The molecule has 1 fully saturated rings. The van der Waals surface area contributed by atoms with Gasteiger partial charge >= 0.3 is 0 Å². The summed E-state index contributed by atoms with van der Waals surface area (Å²) >= 11 is 0. The van der Waals surface area contributed by atoms with Crippen LogP contribution in [0.2, 0.25) is 0 Å². The smallest absolute Gasteiger partial charge is 0.224 e. The molecule has 1 aliphatic heterocycles. The maximum Gasteiger partial charge on any atom is 0.224 e. The van der Waals surface area contributed by atoms with E-state index < -0.39 is 0 Å². The van der Waals surface area contributed by atoms with Gasteiger partial charge in [0.05, 0.1) is 19.3 Å². The molecule has 1 rings (SSSR count). The highest BCUT2D eigenvalue weighted by molar-refractivity contribution is 5.77. The molecule has 0 aromatic carbocycles. The number of carbonyl (C=O) groups excluding carboxylic acids is 1. The molecule has 1 aliphatic rings. The monoisotopic (exact) mass is 258 g/mol. The van der Waals surface area contributed by atoms with Crippen molar-refractivity contribution in [2.24, 2.45) is 0 Å². The Labute approximate surface area is 110 Å². The van der Waals surface area contributed by atoms with E-state index >= 15 is 0 Å². The van der Waals surface area contributed by atoms with E-state index in [-0.39, 0.29) is 11.9 Å². The number of rotatable bonds is 8. The van der Waals surface area contributed by atoms with Gasteiger partial charge in [0.25, 0.3) is 0 Å². The Morgan fingerprint density at radius 2 is 2.22 bits per heavy atom. The van der Waals surface area contributed by atoms with E-state index in [0.717, 1.165) is 13.0 Å². The van der Waals surface area contributed by atoms with Crippen LogP contribution in [0.5, 0.6) is 0 Å². The number of ether oxygens (including phenoxy) is 2. The topological polar surface area (TPSA) is 50.8 Å². The third-order valence-corrected chi connectivity index (χ3v) is 3.38. The van der Waals surface area contributed by atoms with E-state index in [9.17, 15) is 4.79 Å². The third-order valence-electron chi connectivity index (χ3n) is 3.38. The molecule has 1 heterocycles. The van der Waals surface area contributed by atoms with E-state index in [1.165, 1.54) is 6.42 Å². The van der Waals surface area contributed by atoms with E-state index in [1.807, 2.05) is 11.8 Å². The first-order valence-electron chi connectivity index (χ1n) is 6.69. The Morgan fingerprint density at radius 3 is 2.78 bits per heavy atom. The summed E-state index contributed by atoms with van der Waals surface area (Å²) in [5.74, 6) is 0.191. The summed E-state index contributed by atoms with van der Waals surface area (Å²) in [5, 5.41) is 3.36. The molecule has 0 bridgehead atoms. The first-order chi connectivity index (χ1) is 8.69. The number of methoxy groups -OCH3 is 2. The minimum Gasteiger partial charge on any atom is -0.383 e. The summed E-state index contributed by atoms with van der Waals surface area (Å²) < 4.78 is 10.2. The normalized spacial score (nSPS) is 20.9. The van der Waals surface area contributed by atoms with Crippen LogP contribution < -0.4 is 5.32 Å². The first kappa shape index (κ1) is 15.4. The van der Waals surface area contributed by atoms with Crippen molar-refractivity contribution in [2.45, 2.75) is 38.3 Å². The molecule has 1 amide bonds. The van der Waals surface area contributed by atoms with Crippen molar-refractivity contribution in [1.29, 1.82) is 0 Å². The van der Waals surface area contributed by atoms with Crippen LogP contribution in [-0.4, -0.2) is 63.4 Å². The molecule has 1 saturated heterocycles. The summed E-state index contributed by atoms with van der Waals surface area (Å²) in [5.41, 5.74) is 0. The molecule has 106 valence electrons. The molecule has 5 heteroatoms. The number of nitrogens with zero attached hydrogens (tertiary/aromatic N) is 1. The second-order valence-electron chi connectivity index (χ2n) is 4.88. The lowest BCUT2D eigenvalue weighted by Gasteiger charge is -2.29. The van der Waals surface area contributed by atoms with Gasteiger partial charge in [-0.05, 0) is 26.3 Å². The van der Waals surface area contributed by atoms with Crippen LogP contribution in [0.4, 0.5) is 0 Å². The van der Waals surface area contributed by atoms with Gasteiger partial charge in [-0.25, -0.2) is 0 Å². The average Bonchev–Trinajstić information content (AvgIpc) is 2.82. The Balaban J connectivity index is 2.47. The largest absolute Gasteiger partial charge is 0.383 e. The first-order valence-corrected chi connectivity index (χ1v) is 6.69. The third kappa shape index (κ3) is 4.92. The molecule has 18 heavy (non-hydrogen) atoms. The molecular weight excluding hydrogens is 232 g/mol. The van der Waals surface area contributed by atoms with Crippen molar-refractivity contribution in [1.82, 2.24) is 10.2 Å². The van der Waals surface area contributed by atoms with Crippen molar-refractivity contribution in [2.75, 3.05) is 40.5 Å². The van der Waals surface area contributed by atoms with E-state index in [1.54, 1.807) is 14.2 Å². The lowest BCUT2D eigenvalue weighted by atomic mass is 10.1. The molecule has 0 aromatic heterocycles. The highest BCUT2D eigenvalue weighted by atomic mass is 16.5. The summed E-state index contributed by atoms with van der Waals surface area (Å²) in [6.07, 6.45) is 2.85. The number of amides is 1. The molecule has 5 nitrogen and oxygen atoms in total. The van der Waals surface area contributed by atoms with Crippen molar-refractivity contribution in [3.05, 3.63) is 0 Å². The summed E-state index contributed by atoms with van der Waals surface area (Å²) in [7, 11) is 3.32. The predicted molar refractivity (Wildman–Crippen MR) is 70.6 cm³/mol. The molecule has 0 spiro atoms. The Hall–Kier alpha value is -0.650. The van der Waals surface area contributed by atoms with Crippen LogP contribution in [0.25, 0.3) is 0 Å². The summed E-state index contributed by atoms with van der Waals surface area (Å²) in [6.45, 7) is 4.81. The van der Waals surface area contributed by atoms with Crippen LogP contribution in [0.15, 0.2) is 0 Å². The zero-order valence-corrected chi connectivity index (χ0v) is 11.8. The number of hydrogen-bond acceptors (Lipinski definition) is 4. The van der Waals surface area contributed by atoms with E-state index in [0.29, 0.717) is 32.2 Å². The SMILES string of the molecule is COCCN(C(=O)CC1CCCN1)C(C)COC. The van der Waals surface area contributed by atoms with Crippen LogP contribution in [0, 0.1) is 0 Å². The van der Waals surface area contributed by atoms with Gasteiger partial charge in [-0.3, -0.25) is 4.79 Å². The fourth-order valence-corrected chi connectivity index (χ4v) is 2.37. The summed E-state index contributed by atoms with van der Waals surface area (Å²) in [6, 6.07) is 0.441. The Kier molecular flexibility index (Phi) is 7.23. The lowest BCUT2D eigenvalue weighted by molar-refractivity contribution is -0.135. The van der Waals surface area contributed by atoms with E-state index in [4.69, 9.17) is 9.47 Å². The minimum atomic E-state index is 0.0963. The molecule has 0 radical (unpaired) electrons. The van der Waals surface area contributed by atoms with Gasteiger partial charge in [0.15, 0.2) is 0 Å². The van der Waals surface area contributed by atoms with Gasteiger partial charge in [-0.1, -0.05) is 0 Å². The van der Waals surface area contributed by atoms with Crippen LogP contribution >= 0.6 is 0 Å². The molecular formula is C13H26N2O3. The van der Waals surface area contributed by atoms with Gasteiger partial charge in [-0.15, -0.1) is 0 Å². The molecule has 2 atom stereocenters. The maximum absolute atomic E-state index is 12.3. The fourth-order valence-electron chi connectivity index (χ4n) is 2.37. The molecule has 0 aliphatic carbocycles. The van der Waals surface area contributed by atoms with Gasteiger partial charge in [0.1, 0.15) is 0 Å². The highest BCUT2D eigenvalue weighted by Crippen LogP contribution is 2.12. The van der Waals surface area contributed by atoms with Gasteiger partial charge in [0, 0.05) is 33.2 Å². The summed E-state index contributed by atoms with van der Waals surface area (Å²) in [4.78, 5) is 14.2. The quantitative estimate of drug-likeness (QED) is 0.694. The van der Waals surface area contributed by atoms with E-state index in [2.05, 4.69) is 5.32 Å². The standard InChI is InChI=1S/C13H26N2O3/c1-11(10-18-3)15(7-8-17-2)13(16)9-12-5-4-6-14-12/h11-12,14H,4-10H2,1-3H3. The Morgan fingerprint density at radius 1 is 1.44 bits per heavy atom. The Bertz CT molecular complexity index is 242. The number of hydrogen-bond donors (Lipinski definition) is 1. The van der Waals surface area contributed by atoms with Crippen molar-refractivity contribution in [3.63, 3.8) is 0 Å². The van der Waals surface area contributed by atoms with Crippen LogP contribution in [0.1, 0.15) is 26.2 Å². The maximum atomic E-state index is 12.3.